The summed E-state index contributed by atoms with van der Waals surface area (Å²) in [5.41, 5.74) is 1.25. The predicted octanol–water partition coefficient (Wildman–Crippen LogP) is 4.75. The monoisotopic (exact) mass is 874 g/mol. The molecule has 0 aromatic rings. The van der Waals surface area contributed by atoms with Gasteiger partial charge in [-0.15, -0.1) is 12.6 Å². The van der Waals surface area contributed by atoms with Crippen LogP contribution in [-0.4, -0.2) is 56.5 Å². The van der Waals surface area contributed by atoms with Gasteiger partial charge in [-0.2, -0.15) is 12.5 Å². The standard InChI is InChI=1S/C5H6N.2C4H8N2O2.CH4S.Co.Hg.2HI/c1-2-4-6-5-3-1;2*1-3(5-7)4(2)6-8;1-2;;;;/h1-4H,5H2;2*7-8H,1-2H3;2H,1H3;;;2*1H/q-1;;;;;+2;;/p-3/b;2*5-3+,6-4+;;;;;. The van der Waals surface area contributed by atoms with Crippen molar-refractivity contribution < 1.29 is 53.5 Å². The summed E-state index contributed by atoms with van der Waals surface area (Å²) in [6.45, 7) is 7.00. The molecule has 0 fully saturated rings. The van der Waals surface area contributed by atoms with Gasteiger partial charge in [-0.25, -0.2) is 0 Å². The van der Waals surface area contributed by atoms with Crippen molar-refractivity contribution in [3.05, 3.63) is 29.7 Å². The summed E-state index contributed by atoms with van der Waals surface area (Å²) in [6.07, 6.45) is 9.32. The fourth-order valence-electron chi connectivity index (χ4n) is 0.661. The van der Waals surface area contributed by atoms with Crippen molar-refractivity contribution in [2.75, 3.05) is 12.8 Å². The van der Waals surface area contributed by atoms with Crippen LogP contribution < -0.4 is 0 Å². The van der Waals surface area contributed by atoms with E-state index in [1.54, 1.807) is 12.5 Å². The van der Waals surface area contributed by atoms with E-state index in [1.165, 1.54) is 27.7 Å². The number of hydrogen-bond donors (Lipinski definition) is 4. The molecule has 1 heterocycles. The van der Waals surface area contributed by atoms with Crippen molar-refractivity contribution in [2.45, 2.75) is 27.7 Å². The topological polar surface area (TPSA) is 144 Å². The van der Waals surface area contributed by atoms with Gasteiger partial charge < -0.3 is 38.8 Å². The Bertz CT molecular complexity index is 446. The van der Waals surface area contributed by atoms with Crippen molar-refractivity contribution >= 4 is 70.8 Å². The second-order valence-corrected chi connectivity index (χ2v) is 43.8. The van der Waals surface area contributed by atoms with E-state index >= 15 is 0 Å². The molecule has 28 heavy (non-hydrogen) atoms. The molecule has 0 unspecified atom stereocenters. The zero-order valence-electron chi connectivity index (χ0n) is 16.2. The average Bonchev–Trinajstić information content (AvgIpc) is 2.75. The molecule has 4 N–H and O–H groups in total. The van der Waals surface area contributed by atoms with Gasteiger partial charge in [0.05, 0.1) is 0 Å². The third-order valence-corrected chi connectivity index (χ3v) is 2.30. The molecule has 0 saturated heterocycles. The van der Waals surface area contributed by atoms with Gasteiger partial charge in [0.25, 0.3) is 0 Å². The molecule has 1 aliphatic heterocycles. The van der Waals surface area contributed by atoms with Gasteiger partial charge in [-0.1, -0.05) is 32.8 Å². The van der Waals surface area contributed by atoms with E-state index in [1.807, 2.05) is 18.2 Å². The van der Waals surface area contributed by atoms with Crippen LogP contribution in [0.3, 0.4) is 0 Å². The van der Waals surface area contributed by atoms with Crippen LogP contribution in [0.5, 0.6) is 0 Å². The predicted molar refractivity (Wildman–Crippen MR) is 127 cm³/mol. The van der Waals surface area contributed by atoms with Crippen molar-refractivity contribution in [3.8, 4) is 0 Å². The minimum atomic E-state index is -0.143. The van der Waals surface area contributed by atoms with E-state index in [0.29, 0.717) is 22.8 Å². The molecule has 0 saturated carbocycles. The first-order valence-corrected chi connectivity index (χ1v) is 38.9. The van der Waals surface area contributed by atoms with E-state index in [0.717, 1.165) is 6.54 Å². The van der Waals surface area contributed by atoms with Crippen LogP contribution in [0.2, 0.25) is 0 Å². The third-order valence-electron chi connectivity index (χ3n) is 2.30. The summed E-state index contributed by atoms with van der Waals surface area (Å²) in [7, 11) is 0. The Morgan fingerprint density at radius 3 is 1.18 bits per heavy atom. The zero-order valence-corrected chi connectivity index (χ0v) is 27.9. The Balaban J connectivity index is -0.0000000837. The molecular weight excluding hydrogens is 848 g/mol. The molecule has 9 nitrogen and oxygen atoms in total. The summed E-state index contributed by atoms with van der Waals surface area (Å²) in [5.74, 6) is 0. The first kappa shape index (κ1) is 38.9. The summed E-state index contributed by atoms with van der Waals surface area (Å²) < 4.78 is 0. The summed E-state index contributed by atoms with van der Waals surface area (Å²) in [5, 5.41) is 47.2. The second kappa shape index (κ2) is 34.9. The van der Waals surface area contributed by atoms with E-state index in [2.05, 4.69) is 73.9 Å². The van der Waals surface area contributed by atoms with Gasteiger partial charge in [0.15, 0.2) is 0 Å². The number of hydrogen-bond acceptors (Lipinski definition) is 9. The molecule has 0 aromatic heterocycles. The Kier molecular flexibility index (Phi) is 48.5. The molecule has 1 radical (unpaired) electrons. The van der Waals surface area contributed by atoms with Crippen molar-refractivity contribution in [2.24, 2.45) is 20.6 Å². The molecule has 1 aliphatic rings. The zero-order chi connectivity index (χ0) is 22.1. The third kappa shape index (κ3) is 34.0. The van der Waals surface area contributed by atoms with Gasteiger partial charge >= 0.3 is 51.2 Å². The molecule has 1 rings (SSSR count). The fraction of sp³-hybridized carbons (Fsp3) is 0.429. The molecule has 0 bridgehead atoms. The van der Waals surface area contributed by atoms with E-state index in [9.17, 15) is 0 Å². The Hall–Kier alpha value is 0.412. The van der Waals surface area contributed by atoms with Crippen LogP contribution in [-0.2, 0) is 45.3 Å². The maximum atomic E-state index is 8.03. The van der Waals surface area contributed by atoms with Crippen LogP contribution in [0, 0.1) is 0 Å². The quantitative estimate of drug-likeness (QED) is 0.0792. The fourth-order valence-corrected chi connectivity index (χ4v) is 0.661. The molecule has 0 aromatic carbocycles. The SMILES string of the molecule is C1=CC[N-]C=C1.CC(=N\O)/C(C)=N/O.CC(=N\O)/C(C)=N/O.C[S-].[Co].[I][Hg][I]. The minimum absolute atomic E-state index is 0. The number of rotatable bonds is 2. The summed E-state index contributed by atoms with van der Waals surface area (Å²) >= 11 is 8.93. The van der Waals surface area contributed by atoms with Gasteiger partial charge in [-0.05, 0) is 27.7 Å². The molecular formula is C14H25CoHgI2N5O4S-2. The Morgan fingerprint density at radius 1 is 0.821 bits per heavy atom. The second-order valence-electron chi connectivity index (χ2n) is 3.98. The van der Waals surface area contributed by atoms with Crippen molar-refractivity contribution in [3.63, 3.8) is 0 Å². The molecule has 0 atom stereocenters. The molecule has 14 heteroatoms. The van der Waals surface area contributed by atoms with Crippen molar-refractivity contribution in [1.82, 2.24) is 0 Å². The number of allylic oxidation sites excluding steroid dienone is 2. The van der Waals surface area contributed by atoms with Gasteiger partial charge in [-0.3, -0.25) is 0 Å². The summed E-state index contributed by atoms with van der Waals surface area (Å²) in [6, 6.07) is 0. The van der Waals surface area contributed by atoms with Crippen LogP contribution in [0.25, 0.3) is 5.32 Å². The van der Waals surface area contributed by atoms with Gasteiger partial charge in [0, 0.05) is 16.8 Å². The van der Waals surface area contributed by atoms with Gasteiger partial charge in [0.2, 0.25) is 0 Å². The van der Waals surface area contributed by atoms with Crippen LogP contribution in [0.4, 0.5) is 0 Å². The number of halogens is 2. The molecule has 0 aliphatic carbocycles. The first-order valence-electron chi connectivity index (χ1n) is 7.12. The first-order chi connectivity index (χ1) is 12.9. The Labute approximate surface area is 212 Å². The van der Waals surface area contributed by atoms with Gasteiger partial charge in [0.1, 0.15) is 22.8 Å². The van der Waals surface area contributed by atoms with Crippen LogP contribution in [0.1, 0.15) is 27.7 Å². The Morgan fingerprint density at radius 2 is 1.11 bits per heavy atom. The van der Waals surface area contributed by atoms with Crippen LogP contribution in [0.15, 0.2) is 45.1 Å². The normalized spacial score (nSPS) is 12.4. The van der Waals surface area contributed by atoms with Crippen LogP contribution >= 0.6 is 35.3 Å². The van der Waals surface area contributed by atoms with E-state index in [-0.39, 0.29) is 32.7 Å². The maximum absolute atomic E-state index is 8.03. The summed E-state index contributed by atoms with van der Waals surface area (Å²) in [4.78, 5) is 0. The van der Waals surface area contributed by atoms with E-state index in [4.69, 9.17) is 20.8 Å². The number of oxime groups is 4. The van der Waals surface area contributed by atoms with Crippen molar-refractivity contribution in [1.29, 1.82) is 0 Å². The molecule has 0 amide bonds. The molecule has 0 spiro atoms. The number of nitrogens with zero attached hydrogens (tertiary/aromatic N) is 5. The van der Waals surface area contributed by atoms with E-state index < -0.39 is 0 Å². The average molecular weight is 873 g/mol. The molecule has 163 valence electrons.